The van der Waals surface area contributed by atoms with Crippen LogP contribution in [0, 0.1) is 12.8 Å². The third-order valence-corrected chi connectivity index (χ3v) is 6.75. The molecule has 30 heavy (non-hydrogen) atoms. The van der Waals surface area contributed by atoms with E-state index in [1.54, 1.807) is 11.3 Å². The second-order valence-corrected chi connectivity index (χ2v) is 9.21. The third-order valence-electron chi connectivity index (χ3n) is 5.71. The predicted molar refractivity (Wildman–Crippen MR) is 123 cm³/mol. The lowest BCUT2D eigenvalue weighted by Crippen LogP contribution is -2.13. The smallest absolute Gasteiger partial charge is 0.258 e. The van der Waals surface area contributed by atoms with Gasteiger partial charge in [0.05, 0.1) is 22.5 Å². The van der Waals surface area contributed by atoms with Crippen molar-refractivity contribution in [3.05, 3.63) is 76.3 Å². The molecule has 0 bridgehead atoms. The molecule has 150 valence electrons. The summed E-state index contributed by atoms with van der Waals surface area (Å²) in [6.07, 6.45) is 3.22. The Labute approximate surface area is 180 Å². The highest BCUT2D eigenvalue weighted by Gasteiger charge is 2.21. The first kappa shape index (κ1) is 18.9. The van der Waals surface area contributed by atoms with Gasteiger partial charge in [0.1, 0.15) is 0 Å². The molecule has 4 aromatic rings. The van der Waals surface area contributed by atoms with E-state index in [1.165, 1.54) is 16.9 Å². The highest BCUT2D eigenvalue weighted by molar-refractivity contribution is 7.15. The van der Waals surface area contributed by atoms with Crippen molar-refractivity contribution in [2.24, 2.45) is 5.92 Å². The minimum atomic E-state index is -0.138. The van der Waals surface area contributed by atoms with E-state index in [1.807, 2.05) is 42.5 Å². The summed E-state index contributed by atoms with van der Waals surface area (Å²) in [6, 6.07) is 17.9. The molecule has 1 atom stereocenters. The van der Waals surface area contributed by atoms with Crippen LogP contribution in [0.5, 0.6) is 0 Å². The summed E-state index contributed by atoms with van der Waals surface area (Å²) in [5.74, 6) is 0.545. The van der Waals surface area contributed by atoms with Crippen molar-refractivity contribution < 1.29 is 4.79 Å². The summed E-state index contributed by atoms with van der Waals surface area (Å²) in [6.45, 7) is 4.33. The zero-order valence-corrected chi connectivity index (χ0v) is 17.9. The van der Waals surface area contributed by atoms with E-state index in [0.717, 1.165) is 40.7 Å². The molecule has 1 amide bonds. The van der Waals surface area contributed by atoms with Gasteiger partial charge in [-0.3, -0.25) is 10.1 Å². The molecule has 0 saturated carbocycles. The zero-order chi connectivity index (χ0) is 20.7. The molecule has 2 heterocycles. The van der Waals surface area contributed by atoms with Crippen LogP contribution >= 0.6 is 11.3 Å². The molecule has 0 aliphatic heterocycles. The average molecular weight is 414 g/mol. The summed E-state index contributed by atoms with van der Waals surface area (Å²) in [5, 5.41) is 4.59. The molecule has 0 spiro atoms. The molecule has 2 aromatic heterocycles. The number of benzene rings is 2. The van der Waals surface area contributed by atoms with Crippen molar-refractivity contribution >= 4 is 33.3 Å². The number of nitrogens with one attached hydrogen (secondary N) is 1. The van der Waals surface area contributed by atoms with Crippen molar-refractivity contribution in [1.82, 2.24) is 9.97 Å². The van der Waals surface area contributed by atoms with Crippen LogP contribution < -0.4 is 5.32 Å². The first-order valence-corrected chi connectivity index (χ1v) is 11.2. The molecular formula is C25H23N3OS. The first-order valence-electron chi connectivity index (χ1n) is 10.3. The number of carbonyl (C=O) groups excluding carboxylic acids is 1. The molecule has 0 saturated heterocycles. The SMILES string of the molecule is Cc1ccc(-c2cc(C(=O)Nc3nc4c(s3)CC(C)CC4)c3ccccc3n2)cc1. The van der Waals surface area contributed by atoms with Gasteiger partial charge in [-0.25, -0.2) is 9.97 Å². The van der Waals surface area contributed by atoms with E-state index in [2.05, 4.69) is 31.3 Å². The van der Waals surface area contributed by atoms with Gasteiger partial charge in [-0.05, 0) is 44.2 Å². The van der Waals surface area contributed by atoms with Crippen molar-refractivity contribution in [1.29, 1.82) is 0 Å². The Kier molecular flexibility index (Phi) is 4.83. The predicted octanol–water partition coefficient (Wildman–Crippen LogP) is 6.04. The first-order chi connectivity index (χ1) is 14.6. The molecule has 0 fully saturated rings. The quantitative estimate of drug-likeness (QED) is 0.445. The fourth-order valence-electron chi connectivity index (χ4n) is 3.99. The van der Waals surface area contributed by atoms with Crippen LogP contribution in [0.25, 0.3) is 22.2 Å². The maximum absolute atomic E-state index is 13.3. The van der Waals surface area contributed by atoms with Gasteiger partial charge in [-0.15, -0.1) is 11.3 Å². The monoisotopic (exact) mass is 413 g/mol. The number of para-hydroxylation sites is 1. The van der Waals surface area contributed by atoms with Crippen LogP contribution in [0.1, 0.15) is 39.8 Å². The summed E-state index contributed by atoms with van der Waals surface area (Å²) in [7, 11) is 0. The average Bonchev–Trinajstić information content (AvgIpc) is 3.14. The molecule has 5 rings (SSSR count). The number of amides is 1. The Morgan fingerprint density at radius 1 is 1.10 bits per heavy atom. The fraction of sp³-hybridized carbons (Fsp3) is 0.240. The van der Waals surface area contributed by atoms with E-state index < -0.39 is 0 Å². The van der Waals surface area contributed by atoms with Crippen LogP contribution in [0.15, 0.2) is 54.6 Å². The van der Waals surface area contributed by atoms with Crippen LogP contribution in [-0.4, -0.2) is 15.9 Å². The molecule has 5 heteroatoms. The van der Waals surface area contributed by atoms with Gasteiger partial charge in [0.25, 0.3) is 5.91 Å². The Balaban J connectivity index is 1.52. The number of anilines is 1. The number of pyridine rings is 1. The second kappa shape index (κ2) is 7.65. The minimum Gasteiger partial charge on any atom is -0.298 e. The van der Waals surface area contributed by atoms with Gasteiger partial charge in [-0.1, -0.05) is 55.0 Å². The number of thiazole rings is 1. The van der Waals surface area contributed by atoms with E-state index >= 15 is 0 Å². The largest absolute Gasteiger partial charge is 0.298 e. The lowest BCUT2D eigenvalue weighted by atomic mass is 9.93. The molecule has 1 N–H and O–H groups in total. The Hall–Kier alpha value is -3.05. The number of hydrogen-bond acceptors (Lipinski definition) is 4. The number of aryl methyl sites for hydroxylation is 2. The maximum Gasteiger partial charge on any atom is 0.258 e. The number of fused-ring (bicyclic) bond motifs is 2. The topological polar surface area (TPSA) is 54.9 Å². The molecule has 1 aliphatic rings. The van der Waals surface area contributed by atoms with Gasteiger partial charge in [0.2, 0.25) is 0 Å². The second-order valence-electron chi connectivity index (χ2n) is 8.13. The van der Waals surface area contributed by atoms with E-state index in [9.17, 15) is 4.79 Å². The Morgan fingerprint density at radius 3 is 2.73 bits per heavy atom. The van der Waals surface area contributed by atoms with Crippen molar-refractivity contribution in [3.63, 3.8) is 0 Å². The van der Waals surface area contributed by atoms with Gasteiger partial charge in [0, 0.05) is 15.8 Å². The lowest BCUT2D eigenvalue weighted by Gasteiger charge is -2.15. The maximum atomic E-state index is 13.3. The summed E-state index contributed by atoms with van der Waals surface area (Å²) in [4.78, 5) is 24.1. The van der Waals surface area contributed by atoms with Gasteiger partial charge in [0.15, 0.2) is 5.13 Å². The Morgan fingerprint density at radius 2 is 1.90 bits per heavy atom. The fourth-order valence-corrected chi connectivity index (χ4v) is 5.16. The molecule has 0 radical (unpaired) electrons. The van der Waals surface area contributed by atoms with Crippen LogP contribution in [0.2, 0.25) is 0 Å². The Bertz CT molecular complexity index is 1240. The van der Waals surface area contributed by atoms with Gasteiger partial charge in [-0.2, -0.15) is 0 Å². The summed E-state index contributed by atoms with van der Waals surface area (Å²) >= 11 is 1.61. The van der Waals surface area contributed by atoms with Crippen LogP contribution in [0.3, 0.4) is 0 Å². The highest BCUT2D eigenvalue weighted by atomic mass is 32.1. The van der Waals surface area contributed by atoms with Crippen LogP contribution in [-0.2, 0) is 12.8 Å². The minimum absolute atomic E-state index is 0.138. The number of nitrogens with zero attached hydrogens (tertiary/aromatic N) is 2. The molecule has 1 unspecified atom stereocenters. The van der Waals surface area contributed by atoms with Crippen molar-refractivity contribution in [3.8, 4) is 11.3 Å². The number of rotatable bonds is 3. The molecular weight excluding hydrogens is 390 g/mol. The number of aromatic nitrogens is 2. The van der Waals surface area contributed by atoms with Crippen molar-refractivity contribution in [2.45, 2.75) is 33.1 Å². The number of hydrogen-bond donors (Lipinski definition) is 1. The molecule has 4 nitrogen and oxygen atoms in total. The highest BCUT2D eigenvalue weighted by Crippen LogP contribution is 2.33. The van der Waals surface area contributed by atoms with Crippen molar-refractivity contribution in [2.75, 3.05) is 5.32 Å². The lowest BCUT2D eigenvalue weighted by molar-refractivity contribution is 0.102. The summed E-state index contributed by atoms with van der Waals surface area (Å²) < 4.78 is 0. The van der Waals surface area contributed by atoms with E-state index in [-0.39, 0.29) is 5.91 Å². The normalized spacial score (nSPS) is 15.7. The van der Waals surface area contributed by atoms with E-state index in [4.69, 9.17) is 9.97 Å². The standard InChI is InChI=1S/C25H23N3OS/c1-15-7-10-17(11-8-15)22-14-19(18-5-3-4-6-20(18)26-22)24(29)28-25-27-21-12-9-16(2)13-23(21)30-25/h3-8,10-11,14,16H,9,12-13H2,1-2H3,(H,27,28,29). The number of carbonyl (C=O) groups is 1. The van der Waals surface area contributed by atoms with Gasteiger partial charge >= 0.3 is 0 Å². The zero-order valence-electron chi connectivity index (χ0n) is 17.1. The molecule has 1 aliphatic carbocycles. The third kappa shape index (κ3) is 3.61. The van der Waals surface area contributed by atoms with E-state index in [0.29, 0.717) is 16.6 Å². The van der Waals surface area contributed by atoms with Crippen LogP contribution in [0.4, 0.5) is 5.13 Å². The van der Waals surface area contributed by atoms with Gasteiger partial charge < -0.3 is 0 Å². The molecule has 2 aromatic carbocycles. The summed E-state index contributed by atoms with van der Waals surface area (Å²) in [5.41, 5.74) is 5.57.